The van der Waals surface area contributed by atoms with Crippen LogP contribution in [0, 0.1) is 0 Å². The number of anilines is 3. The number of rotatable bonds is 5. The van der Waals surface area contributed by atoms with Crippen molar-refractivity contribution in [1.82, 2.24) is 4.40 Å². The van der Waals surface area contributed by atoms with Gasteiger partial charge in [0.1, 0.15) is 11.2 Å². The van der Waals surface area contributed by atoms with Crippen molar-refractivity contribution in [2.24, 2.45) is 0 Å². The Labute approximate surface area is 294 Å². The Morgan fingerprint density at radius 1 is 0.373 bits per heavy atom. The van der Waals surface area contributed by atoms with E-state index < -0.39 is 0 Å². The molecule has 0 saturated carbocycles. The minimum atomic E-state index is 0.906. The lowest BCUT2D eigenvalue weighted by atomic mass is 9.98. The van der Waals surface area contributed by atoms with Gasteiger partial charge < -0.3 is 13.7 Å². The number of furan rings is 1. The lowest BCUT2D eigenvalue weighted by molar-refractivity contribution is 0.669. The first kappa shape index (κ1) is 28.0. The molecule has 0 radical (unpaired) electrons. The molecule has 0 aliphatic carbocycles. The van der Waals surface area contributed by atoms with Crippen molar-refractivity contribution in [1.29, 1.82) is 0 Å². The van der Waals surface area contributed by atoms with Gasteiger partial charge in [-0.1, -0.05) is 127 Å². The Bertz CT molecular complexity index is 3060. The van der Waals surface area contributed by atoms with Crippen LogP contribution in [-0.2, 0) is 0 Å². The molecule has 3 heteroatoms. The molecule has 3 heterocycles. The van der Waals surface area contributed by atoms with Gasteiger partial charge in [-0.3, -0.25) is 0 Å². The molecule has 0 N–H and O–H groups in total. The molecule has 11 rings (SSSR count). The smallest absolute Gasteiger partial charge is 0.136 e. The second kappa shape index (κ2) is 10.8. The van der Waals surface area contributed by atoms with Crippen LogP contribution in [0.3, 0.4) is 0 Å². The van der Waals surface area contributed by atoms with E-state index in [0.717, 1.165) is 44.6 Å². The summed E-state index contributed by atoms with van der Waals surface area (Å²) in [7, 11) is 0. The Hall–Kier alpha value is -6.84. The lowest BCUT2D eigenvalue weighted by Gasteiger charge is -2.27. The molecule has 8 aromatic carbocycles. The maximum absolute atomic E-state index is 6.24. The van der Waals surface area contributed by atoms with Crippen molar-refractivity contribution in [2.75, 3.05) is 4.90 Å². The van der Waals surface area contributed by atoms with Gasteiger partial charge in [0.05, 0.1) is 22.2 Å². The van der Waals surface area contributed by atoms with Crippen molar-refractivity contribution in [3.05, 3.63) is 182 Å². The Kier molecular flexibility index (Phi) is 5.96. The van der Waals surface area contributed by atoms with Gasteiger partial charge in [0.2, 0.25) is 0 Å². The molecule has 11 aromatic rings. The molecule has 0 spiro atoms. The normalized spacial score (nSPS) is 11.9. The molecule has 0 aliphatic heterocycles. The Balaban J connectivity index is 1.14. The zero-order valence-electron chi connectivity index (χ0n) is 27.6. The van der Waals surface area contributed by atoms with Gasteiger partial charge in [-0.05, 0) is 76.9 Å². The fourth-order valence-electron chi connectivity index (χ4n) is 8.30. The zero-order valence-corrected chi connectivity index (χ0v) is 27.6. The number of benzene rings is 8. The highest BCUT2D eigenvalue weighted by atomic mass is 16.3. The van der Waals surface area contributed by atoms with Crippen LogP contribution < -0.4 is 4.90 Å². The van der Waals surface area contributed by atoms with E-state index in [1.165, 1.54) is 54.8 Å². The second-order valence-electron chi connectivity index (χ2n) is 13.3. The molecule has 0 aliphatic rings. The second-order valence-corrected chi connectivity index (χ2v) is 13.3. The predicted octanol–water partition coefficient (Wildman–Crippen LogP) is 13.5. The van der Waals surface area contributed by atoms with Crippen LogP contribution in [0.1, 0.15) is 0 Å². The average molecular weight is 651 g/mol. The Morgan fingerprint density at radius 2 is 0.961 bits per heavy atom. The molecule has 3 aromatic heterocycles. The summed E-state index contributed by atoms with van der Waals surface area (Å²) in [5, 5.41) is 7.34. The first-order valence-corrected chi connectivity index (χ1v) is 17.4. The highest BCUT2D eigenvalue weighted by Gasteiger charge is 2.24. The van der Waals surface area contributed by atoms with Crippen molar-refractivity contribution in [3.63, 3.8) is 0 Å². The quantitative estimate of drug-likeness (QED) is 0.185. The van der Waals surface area contributed by atoms with Crippen LogP contribution in [0.25, 0.3) is 82.3 Å². The predicted molar refractivity (Wildman–Crippen MR) is 214 cm³/mol. The van der Waals surface area contributed by atoms with Gasteiger partial charge in [-0.25, -0.2) is 0 Å². The van der Waals surface area contributed by atoms with Gasteiger partial charge in [0.25, 0.3) is 0 Å². The van der Waals surface area contributed by atoms with Gasteiger partial charge in [0, 0.05) is 43.7 Å². The third-order valence-electron chi connectivity index (χ3n) is 10.5. The zero-order chi connectivity index (χ0) is 33.5. The molecular formula is C48H30N2O. The fourth-order valence-corrected chi connectivity index (χ4v) is 8.30. The van der Waals surface area contributed by atoms with E-state index >= 15 is 0 Å². The summed E-state index contributed by atoms with van der Waals surface area (Å²) in [6.07, 6.45) is 0. The minimum Gasteiger partial charge on any atom is -0.456 e. The number of para-hydroxylation sites is 3. The molecule has 0 amide bonds. The molecule has 0 fully saturated rings. The molecule has 0 saturated heterocycles. The SMILES string of the molecule is c1ccc(-c2ccc(N(c3ccc(-c4cccc5oc6ccccc6c45)cc3)c3ccc4c5ccccc5n5c6ccccc6c3c45)cc2)cc1. The van der Waals surface area contributed by atoms with E-state index in [-0.39, 0.29) is 0 Å². The highest BCUT2D eigenvalue weighted by molar-refractivity contribution is 6.27. The number of nitrogens with zero attached hydrogens (tertiary/aromatic N) is 2. The number of fused-ring (bicyclic) bond motifs is 9. The van der Waals surface area contributed by atoms with E-state index in [4.69, 9.17) is 4.42 Å². The summed E-state index contributed by atoms with van der Waals surface area (Å²) in [6, 6.07) is 65.4. The minimum absolute atomic E-state index is 0.906. The summed E-state index contributed by atoms with van der Waals surface area (Å²) in [5.74, 6) is 0. The first-order chi connectivity index (χ1) is 25.3. The van der Waals surface area contributed by atoms with E-state index in [9.17, 15) is 0 Å². The summed E-state index contributed by atoms with van der Waals surface area (Å²) in [6.45, 7) is 0. The maximum atomic E-state index is 6.24. The third-order valence-corrected chi connectivity index (χ3v) is 10.5. The van der Waals surface area contributed by atoms with Crippen molar-refractivity contribution >= 4 is 77.1 Å². The summed E-state index contributed by atoms with van der Waals surface area (Å²) < 4.78 is 8.69. The van der Waals surface area contributed by atoms with Crippen LogP contribution >= 0.6 is 0 Å². The molecular weight excluding hydrogens is 621 g/mol. The summed E-state index contributed by atoms with van der Waals surface area (Å²) in [4.78, 5) is 2.42. The van der Waals surface area contributed by atoms with Crippen molar-refractivity contribution in [3.8, 4) is 22.3 Å². The van der Waals surface area contributed by atoms with Crippen LogP contribution in [0.15, 0.2) is 186 Å². The first-order valence-electron chi connectivity index (χ1n) is 17.4. The molecule has 3 nitrogen and oxygen atoms in total. The molecule has 0 atom stereocenters. The molecule has 0 bridgehead atoms. The topological polar surface area (TPSA) is 20.8 Å². The van der Waals surface area contributed by atoms with Crippen molar-refractivity contribution < 1.29 is 4.42 Å². The van der Waals surface area contributed by atoms with E-state index in [2.05, 4.69) is 179 Å². The van der Waals surface area contributed by atoms with E-state index in [1.54, 1.807) is 0 Å². The van der Waals surface area contributed by atoms with Crippen LogP contribution in [0.4, 0.5) is 17.1 Å². The maximum Gasteiger partial charge on any atom is 0.136 e. The standard InChI is InChI=1S/C48H30N2O/c1-2-11-31(12-3-1)32-21-25-34(26-22-32)49(35-27-23-33(24-28-35)36-16-10-20-45-46(36)40-15-6-9-19-44(40)51-45)43-30-29-38-37-13-4-7-17-41(37)50-42-18-8-5-14-39(42)47(43)48(38)50/h1-30H. The number of hydrogen-bond acceptors (Lipinski definition) is 2. The van der Waals surface area contributed by atoms with E-state index in [1.807, 2.05) is 12.1 Å². The third kappa shape index (κ3) is 4.12. The Morgan fingerprint density at radius 3 is 1.73 bits per heavy atom. The summed E-state index contributed by atoms with van der Waals surface area (Å²) in [5.41, 5.74) is 13.6. The lowest BCUT2D eigenvalue weighted by Crippen LogP contribution is -2.10. The number of aromatic nitrogens is 1. The van der Waals surface area contributed by atoms with Crippen molar-refractivity contribution in [2.45, 2.75) is 0 Å². The van der Waals surface area contributed by atoms with Gasteiger partial charge in [-0.15, -0.1) is 0 Å². The molecule has 238 valence electrons. The monoisotopic (exact) mass is 650 g/mol. The highest BCUT2D eigenvalue weighted by Crippen LogP contribution is 2.47. The average Bonchev–Trinajstić information content (AvgIpc) is 3.87. The number of hydrogen-bond donors (Lipinski definition) is 0. The molecule has 0 unspecified atom stereocenters. The van der Waals surface area contributed by atoms with Gasteiger partial charge >= 0.3 is 0 Å². The largest absolute Gasteiger partial charge is 0.456 e. The van der Waals surface area contributed by atoms with Crippen LogP contribution in [0.2, 0.25) is 0 Å². The van der Waals surface area contributed by atoms with Gasteiger partial charge in [0.15, 0.2) is 0 Å². The summed E-state index contributed by atoms with van der Waals surface area (Å²) >= 11 is 0. The van der Waals surface area contributed by atoms with Crippen LogP contribution in [-0.4, -0.2) is 4.40 Å². The van der Waals surface area contributed by atoms with Crippen LogP contribution in [0.5, 0.6) is 0 Å². The molecule has 51 heavy (non-hydrogen) atoms. The van der Waals surface area contributed by atoms with Gasteiger partial charge in [-0.2, -0.15) is 0 Å². The fraction of sp³-hybridized carbons (Fsp3) is 0. The van der Waals surface area contributed by atoms with E-state index in [0.29, 0.717) is 0 Å².